The maximum atomic E-state index is 13.4. The first-order valence-electron chi connectivity index (χ1n) is 12.9. The number of carbonyl (C=O) groups is 2. The molecule has 2 heterocycles. The Hall–Kier alpha value is -2.40. The number of para-hydroxylation sites is 1. The van der Waals surface area contributed by atoms with Crippen molar-refractivity contribution in [1.82, 2.24) is 14.5 Å². The molecule has 0 atom stereocenters. The molecular formula is C28H30N4O2S4. The molecule has 0 bridgehead atoms. The number of rotatable bonds is 8. The van der Waals surface area contributed by atoms with Crippen LogP contribution in [0.2, 0.25) is 0 Å². The second-order valence-electron chi connectivity index (χ2n) is 9.10. The number of hydrogen-bond donors (Lipinski definition) is 1. The molecule has 0 spiro atoms. The number of amides is 1. The number of benzene rings is 2. The average Bonchev–Trinajstić information content (AvgIpc) is 3.49. The van der Waals surface area contributed by atoms with Gasteiger partial charge in [0.1, 0.15) is 4.32 Å². The van der Waals surface area contributed by atoms with Gasteiger partial charge in [-0.2, -0.15) is 0 Å². The number of thiocarbonyl (C=S) groups is 1. The third-order valence-corrected chi connectivity index (χ3v) is 10.4. The van der Waals surface area contributed by atoms with Crippen molar-refractivity contribution in [2.45, 2.75) is 43.9 Å². The van der Waals surface area contributed by atoms with Gasteiger partial charge in [-0.25, -0.2) is 4.98 Å². The van der Waals surface area contributed by atoms with Crippen LogP contribution in [0.25, 0.3) is 21.1 Å². The Morgan fingerprint density at radius 3 is 2.71 bits per heavy atom. The lowest BCUT2D eigenvalue weighted by Crippen LogP contribution is -2.28. The smallest absolute Gasteiger partial charge is 0.241 e. The molecule has 6 nitrogen and oxygen atoms in total. The van der Waals surface area contributed by atoms with Crippen molar-refractivity contribution in [3.8, 4) is 0 Å². The summed E-state index contributed by atoms with van der Waals surface area (Å²) in [5, 5.41) is 4.18. The van der Waals surface area contributed by atoms with Gasteiger partial charge in [-0.05, 0) is 69.4 Å². The maximum absolute atomic E-state index is 13.4. The monoisotopic (exact) mass is 582 g/mol. The fourth-order valence-corrected chi connectivity index (χ4v) is 8.07. The highest BCUT2D eigenvalue weighted by Crippen LogP contribution is 2.34. The van der Waals surface area contributed by atoms with Crippen LogP contribution < -0.4 is 5.32 Å². The van der Waals surface area contributed by atoms with E-state index in [1.54, 1.807) is 11.3 Å². The summed E-state index contributed by atoms with van der Waals surface area (Å²) >= 11 is 9.82. The molecule has 1 aliphatic carbocycles. The molecular weight excluding hydrogens is 553 g/mol. The fraction of sp³-hybridized carbons (Fsp3) is 0.357. The molecule has 0 unspecified atom stereocenters. The highest BCUT2D eigenvalue weighted by Gasteiger charge is 2.23. The Bertz CT molecular complexity index is 1510. The van der Waals surface area contributed by atoms with Crippen LogP contribution in [-0.2, 0) is 17.6 Å². The number of aryl methyl sites for hydroxylation is 1. The van der Waals surface area contributed by atoms with Crippen LogP contribution >= 0.6 is 47.1 Å². The molecule has 1 aliphatic rings. The third-order valence-electron chi connectivity index (χ3n) is 6.75. The van der Waals surface area contributed by atoms with Gasteiger partial charge in [0.05, 0.1) is 27.2 Å². The van der Waals surface area contributed by atoms with Gasteiger partial charge >= 0.3 is 0 Å². The van der Waals surface area contributed by atoms with E-state index in [9.17, 15) is 9.59 Å². The van der Waals surface area contributed by atoms with Crippen LogP contribution in [0, 0.1) is 0 Å². The van der Waals surface area contributed by atoms with E-state index in [0.717, 1.165) is 62.4 Å². The first kappa shape index (κ1) is 27.2. The van der Waals surface area contributed by atoms with Crippen LogP contribution in [0.4, 0.5) is 5.69 Å². The molecule has 10 heteroatoms. The summed E-state index contributed by atoms with van der Waals surface area (Å²) in [4.78, 5) is 32.7. The molecule has 5 rings (SSSR count). The van der Waals surface area contributed by atoms with E-state index in [1.165, 1.54) is 46.6 Å². The van der Waals surface area contributed by atoms with Crippen LogP contribution in [-0.4, -0.2) is 55.2 Å². The predicted octanol–water partition coefficient (Wildman–Crippen LogP) is 6.86. The molecule has 0 saturated carbocycles. The van der Waals surface area contributed by atoms with E-state index in [2.05, 4.69) is 42.3 Å². The number of hydrogen-bond acceptors (Lipinski definition) is 7. The predicted molar refractivity (Wildman–Crippen MR) is 166 cm³/mol. The van der Waals surface area contributed by atoms with Crippen LogP contribution in [0.3, 0.4) is 0 Å². The summed E-state index contributed by atoms with van der Waals surface area (Å²) in [6.07, 6.45) is 4.31. The molecule has 1 N–H and O–H groups in total. The van der Waals surface area contributed by atoms with Crippen molar-refractivity contribution in [1.29, 1.82) is 0 Å². The number of nitrogens with one attached hydrogen (secondary N) is 1. The first-order valence-corrected chi connectivity index (χ1v) is 16.1. The number of carbonyl (C=O) groups excluding carboxylic acids is 2. The van der Waals surface area contributed by atoms with Crippen LogP contribution in [0.5, 0.6) is 0 Å². The molecule has 2 aromatic carbocycles. The zero-order valence-corrected chi connectivity index (χ0v) is 24.8. The normalized spacial score (nSPS) is 13.0. The molecule has 4 aromatic rings. The number of thiazole rings is 1. The van der Waals surface area contributed by atoms with Crippen molar-refractivity contribution in [3.63, 3.8) is 0 Å². The molecule has 0 saturated heterocycles. The van der Waals surface area contributed by atoms with Gasteiger partial charge in [0.2, 0.25) is 11.8 Å². The van der Waals surface area contributed by atoms with E-state index in [4.69, 9.17) is 17.2 Å². The van der Waals surface area contributed by atoms with Crippen LogP contribution in [0.1, 0.15) is 42.7 Å². The zero-order chi connectivity index (χ0) is 26.6. The summed E-state index contributed by atoms with van der Waals surface area (Å²) < 4.78 is 4.52. The van der Waals surface area contributed by atoms with Gasteiger partial charge in [-0.1, -0.05) is 53.9 Å². The fourth-order valence-electron chi connectivity index (χ4n) is 4.91. The second kappa shape index (κ2) is 12.2. The van der Waals surface area contributed by atoms with Crippen molar-refractivity contribution in [2.24, 2.45) is 0 Å². The molecule has 198 valence electrons. The largest absolute Gasteiger partial charge is 0.358 e. The van der Waals surface area contributed by atoms with Gasteiger partial charge in [0, 0.05) is 29.9 Å². The number of fused-ring (bicyclic) bond motifs is 4. The number of anilines is 1. The molecule has 0 radical (unpaired) electrons. The lowest BCUT2D eigenvalue weighted by Gasteiger charge is -2.20. The van der Waals surface area contributed by atoms with Gasteiger partial charge in [-0.15, -0.1) is 11.3 Å². The summed E-state index contributed by atoms with van der Waals surface area (Å²) in [6, 6.07) is 14.0. The summed E-state index contributed by atoms with van der Waals surface area (Å²) in [5.74, 6) is 0.618. The van der Waals surface area contributed by atoms with Gasteiger partial charge in [-0.3, -0.25) is 14.2 Å². The van der Waals surface area contributed by atoms with Gasteiger partial charge in [0.15, 0.2) is 4.34 Å². The molecule has 2 aromatic heterocycles. The zero-order valence-electron chi connectivity index (χ0n) is 21.5. The van der Waals surface area contributed by atoms with E-state index >= 15 is 0 Å². The Morgan fingerprint density at radius 1 is 1.11 bits per heavy atom. The Balaban J connectivity index is 1.23. The molecule has 0 aliphatic heterocycles. The standard InChI is InChI=1S/C28H30N4O2S4/c1-3-31(4-2)28(35)37-16-25(33)29-18-13-14-21-24(15-18)38-27(30-21)36-17-26(34)32-22-11-7-5-9-19(22)20-10-6-8-12-23(20)32/h5,7,9,11,13-15H,3-4,6,8,10,12,16-17H2,1-2H3,(H,29,33). The third kappa shape index (κ3) is 5.78. The van der Waals surface area contributed by atoms with Gasteiger partial charge < -0.3 is 10.2 Å². The van der Waals surface area contributed by atoms with E-state index in [-0.39, 0.29) is 17.6 Å². The average molecular weight is 583 g/mol. The maximum Gasteiger partial charge on any atom is 0.241 e. The Labute approximate surface area is 240 Å². The highest BCUT2D eigenvalue weighted by molar-refractivity contribution is 8.23. The first-order chi connectivity index (χ1) is 18.5. The number of aromatic nitrogens is 2. The van der Waals surface area contributed by atoms with Crippen molar-refractivity contribution < 1.29 is 9.59 Å². The lowest BCUT2D eigenvalue weighted by molar-refractivity contribution is -0.113. The van der Waals surface area contributed by atoms with Crippen molar-refractivity contribution in [2.75, 3.05) is 29.9 Å². The lowest BCUT2D eigenvalue weighted by atomic mass is 9.96. The quantitative estimate of drug-likeness (QED) is 0.180. The summed E-state index contributed by atoms with van der Waals surface area (Å²) in [7, 11) is 0. The van der Waals surface area contributed by atoms with Crippen molar-refractivity contribution >= 4 is 90.0 Å². The summed E-state index contributed by atoms with van der Waals surface area (Å²) in [5.41, 5.74) is 5.14. The Morgan fingerprint density at radius 2 is 1.89 bits per heavy atom. The minimum Gasteiger partial charge on any atom is -0.358 e. The van der Waals surface area contributed by atoms with E-state index < -0.39 is 0 Å². The van der Waals surface area contributed by atoms with E-state index in [1.807, 2.05) is 28.8 Å². The van der Waals surface area contributed by atoms with E-state index in [0.29, 0.717) is 5.75 Å². The van der Waals surface area contributed by atoms with Crippen molar-refractivity contribution in [3.05, 3.63) is 53.7 Å². The molecule has 0 fully saturated rings. The SMILES string of the molecule is CCN(CC)C(=S)SCC(=O)Nc1ccc2nc(SCC(=O)n3c4c(c5ccccc53)CCCC4)sc2c1. The molecule has 38 heavy (non-hydrogen) atoms. The topological polar surface area (TPSA) is 67.2 Å². The number of thioether (sulfide) groups is 2. The minimum atomic E-state index is -0.0872. The van der Waals surface area contributed by atoms with Gasteiger partial charge in [0.25, 0.3) is 0 Å². The van der Waals surface area contributed by atoms with Crippen LogP contribution in [0.15, 0.2) is 46.8 Å². The summed E-state index contributed by atoms with van der Waals surface area (Å²) in [6.45, 7) is 5.78. The number of nitrogens with zero attached hydrogens (tertiary/aromatic N) is 3. The minimum absolute atomic E-state index is 0.0872. The highest BCUT2D eigenvalue weighted by atomic mass is 32.2. The molecule has 1 amide bonds. The second-order valence-corrected chi connectivity index (χ2v) is 13.0. The Kier molecular flexibility index (Phi) is 8.72.